The van der Waals surface area contributed by atoms with Crippen LogP contribution in [0.4, 0.5) is 16.3 Å². The van der Waals surface area contributed by atoms with Gasteiger partial charge in [-0.05, 0) is 37.1 Å². The number of rotatable bonds is 8. The monoisotopic (exact) mass is 511 g/mol. The fourth-order valence-electron chi connectivity index (χ4n) is 4.86. The number of fused-ring (bicyclic) bond motifs is 1. The van der Waals surface area contributed by atoms with Crippen LogP contribution in [0.25, 0.3) is 16.5 Å². The zero-order valence-electron chi connectivity index (χ0n) is 21.6. The van der Waals surface area contributed by atoms with Crippen LogP contribution >= 0.6 is 0 Å². The summed E-state index contributed by atoms with van der Waals surface area (Å²) in [7, 11) is 0. The summed E-state index contributed by atoms with van der Waals surface area (Å²) < 4.78 is 13.7. The van der Waals surface area contributed by atoms with Crippen molar-refractivity contribution in [3.8, 4) is 11.4 Å². The van der Waals surface area contributed by atoms with Gasteiger partial charge in [-0.3, -0.25) is 5.32 Å². The first-order valence-electron chi connectivity index (χ1n) is 13.3. The van der Waals surface area contributed by atoms with Crippen molar-refractivity contribution in [1.82, 2.24) is 15.1 Å². The highest BCUT2D eigenvalue weighted by molar-refractivity contribution is 6.07. The molecule has 6 rings (SSSR count). The molecule has 1 saturated heterocycles. The van der Waals surface area contributed by atoms with Crippen LogP contribution in [-0.2, 0) is 10.2 Å². The molecule has 2 amide bonds. The Morgan fingerprint density at radius 1 is 1.08 bits per heavy atom. The molecule has 1 aliphatic carbocycles. The number of para-hydroxylation sites is 1. The Labute approximate surface area is 222 Å². The van der Waals surface area contributed by atoms with E-state index in [0.717, 1.165) is 66.9 Å². The van der Waals surface area contributed by atoms with E-state index in [-0.39, 0.29) is 17.6 Å². The van der Waals surface area contributed by atoms with Gasteiger partial charge in [0.25, 0.3) is 0 Å². The van der Waals surface area contributed by atoms with Gasteiger partial charge < -0.3 is 20.1 Å². The molecule has 8 heteroatoms. The lowest BCUT2D eigenvalue weighted by atomic mass is 10.1. The van der Waals surface area contributed by atoms with Crippen LogP contribution < -0.4 is 20.7 Å². The minimum atomic E-state index is -0.324. The topological polar surface area (TPSA) is 89.4 Å². The zero-order chi connectivity index (χ0) is 26.0. The summed E-state index contributed by atoms with van der Waals surface area (Å²) in [6.07, 6.45) is 3.21. The van der Waals surface area contributed by atoms with Crippen LogP contribution in [0.2, 0.25) is 0 Å². The van der Waals surface area contributed by atoms with E-state index in [4.69, 9.17) is 14.6 Å². The van der Waals surface area contributed by atoms with E-state index in [1.807, 2.05) is 72.8 Å². The smallest absolute Gasteiger partial charge is 0.324 e. The third-order valence-electron chi connectivity index (χ3n) is 7.40. The van der Waals surface area contributed by atoms with Crippen molar-refractivity contribution in [3.63, 3.8) is 0 Å². The molecule has 2 fully saturated rings. The standard InChI is InChI=1S/C30H33N5O3/c1-30(14-15-30)27-19-28(35(34-27)21-7-3-2-4-8-21)33-29(36)32-25-11-12-26(24-10-6-5-9-23(24)25)38-17-13-22-20-31-16-18-37-22/h2-12,19,22,31H,13-18,20H2,1H3,(H2,32,33,36). The van der Waals surface area contributed by atoms with Crippen molar-refractivity contribution >= 4 is 28.3 Å². The van der Waals surface area contributed by atoms with Gasteiger partial charge in [0.05, 0.1) is 36.4 Å². The molecular weight excluding hydrogens is 478 g/mol. The molecule has 4 aromatic rings. The predicted molar refractivity (Wildman–Crippen MR) is 149 cm³/mol. The number of ether oxygens (including phenoxy) is 2. The molecule has 0 bridgehead atoms. The summed E-state index contributed by atoms with van der Waals surface area (Å²) in [6, 6.07) is 23.3. The SMILES string of the molecule is CC1(c2cc(NC(=O)Nc3ccc(OCCC4CNCCO4)c4ccccc34)n(-c3ccccc3)n2)CC1. The summed E-state index contributed by atoms with van der Waals surface area (Å²) in [5, 5.41) is 16.1. The highest BCUT2D eigenvalue weighted by atomic mass is 16.5. The Balaban J connectivity index is 1.19. The minimum absolute atomic E-state index is 0.0819. The number of hydrogen-bond acceptors (Lipinski definition) is 5. The number of carbonyl (C=O) groups excluding carboxylic acids is 1. The van der Waals surface area contributed by atoms with Crippen molar-refractivity contribution < 1.29 is 14.3 Å². The number of morpholine rings is 1. The average Bonchev–Trinajstić information content (AvgIpc) is 3.56. The molecule has 3 N–H and O–H groups in total. The highest BCUT2D eigenvalue weighted by Gasteiger charge is 2.42. The molecule has 1 saturated carbocycles. The van der Waals surface area contributed by atoms with Gasteiger partial charge in [-0.2, -0.15) is 5.10 Å². The summed E-state index contributed by atoms with van der Waals surface area (Å²) in [5.41, 5.74) is 2.70. The van der Waals surface area contributed by atoms with Gasteiger partial charge in [0.2, 0.25) is 0 Å². The molecule has 1 aliphatic heterocycles. The number of hydrogen-bond donors (Lipinski definition) is 3. The molecule has 38 heavy (non-hydrogen) atoms. The molecular formula is C30H33N5O3. The fraction of sp³-hybridized carbons (Fsp3) is 0.333. The molecule has 1 aromatic heterocycles. The average molecular weight is 512 g/mol. The molecule has 0 radical (unpaired) electrons. The molecule has 0 spiro atoms. The molecule has 1 unspecified atom stereocenters. The van der Waals surface area contributed by atoms with E-state index in [2.05, 4.69) is 22.9 Å². The third kappa shape index (κ3) is 5.23. The first kappa shape index (κ1) is 24.5. The van der Waals surface area contributed by atoms with Crippen LogP contribution in [0.3, 0.4) is 0 Å². The number of carbonyl (C=O) groups is 1. The lowest BCUT2D eigenvalue weighted by Crippen LogP contribution is -2.39. The summed E-state index contributed by atoms with van der Waals surface area (Å²) in [5.74, 6) is 1.43. The van der Waals surface area contributed by atoms with Crippen LogP contribution in [0, 0.1) is 0 Å². The summed E-state index contributed by atoms with van der Waals surface area (Å²) in [4.78, 5) is 13.2. The third-order valence-corrected chi connectivity index (χ3v) is 7.40. The van der Waals surface area contributed by atoms with Crippen molar-refractivity contribution in [3.05, 3.63) is 78.5 Å². The van der Waals surface area contributed by atoms with Crippen molar-refractivity contribution in [2.75, 3.05) is 36.9 Å². The maximum Gasteiger partial charge on any atom is 0.324 e. The molecule has 3 aromatic carbocycles. The van der Waals surface area contributed by atoms with Gasteiger partial charge in [0, 0.05) is 41.8 Å². The molecule has 1 atom stereocenters. The fourth-order valence-corrected chi connectivity index (χ4v) is 4.86. The van der Waals surface area contributed by atoms with Gasteiger partial charge in [-0.1, -0.05) is 49.4 Å². The van der Waals surface area contributed by atoms with E-state index in [9.17, 15) is 4.79 Å². The molecule has 2 aliphatic rings. The Morgan fingerprint density at radius 3 is 2.63 bits per heavy atom. The number of urea groups is 1. The highest BCUT2D eigenvalue weighted by Crippen LogP contribution is 2.47. The Hall–Kier alpha value is -3.88. The van der Waals surface area contributed by atoms with E-state index in [1.54, 1.807) is 4.68 Å². The van der Waals surface area contributed by atoms with Gasteiger partial charge in [0.15, 0.2) is 0 Å². The predicted octanol–water partition coefficient (Wildman–Crippen LogP) is 5.48. The van der Waals surface area contributed by atoms with E-state index < -0.39 is 0 Å². The lowest BCUT2D eigenvalue weighted by Gasteiger charge is -2.23. The molecule has 196 valence electrons. The van der Waals surface area contributed by atoms with Crippen molar-refractivity contribution in [2.45, 2.75) is 37.7 Å². The van der Waals surface area contributed by atoms with Crippen LogP contribution in [0.1, 0.15) is 31.9 Å². The van der Waals surface area contributed by atoms with E-state index >= 15 is 0 Å². The number of aromatic nitrogens is 2. The first-order chi connectivity index (χ1) is 18.6. The van der Waals surface area contributed by atoms with Gasteiger partial charge >= 0.3 is 6.03 Å². The maximum absolute atomic E-state index is 13.2. The Bertz CT molecular complexity index is 1420. The van der Waals surface area contributed by atoms with E-state index in [0.29, 0.717) is 18.1 Å². The van der Waals surface area contributed by atoms with E-state index in [1.165, 1.54) is 0 Å². The zero-order valence-corrected chi connectivity index (χ0v) is 21.6. The second kappa shape index (κ2) is 10.5. The summed E-state index contributed by atoms with van der Waals surface area (Å²) >= 11 is 0. The van der Waals surface area contributed by atoms with Crippen molar-refractivity contribution in [2.24, 2.45) is 0 Å². The molecule has 2 heterocycles. The molecule has 8 nitrogen and oxygen atoms in total. The Morgan fingerprint density at radius 2 is 1.87 bits per heavy atom. The lowest BCUT2D eigenvalue weighted by molar-refractivity contribution is 0.0160. The van der Waals surface area contributed by atoms with Crippen LogP contribution in [0.15, 0.2) is 72.8 Å². The second-order valence-corrected chi connectivity index (χ2v) is 10.3. The Kier molecular flexibility index (Phi) is 6.74. The number of benzene rings is 3. The number of nitrogens with zero attached hydrogens (tertiary/aromatic N) is 2. The first-order valence-corrected chi connectivity index (χ1v) is 13.3. The number of nitrogens with one attached hydrogen (secondary N) is 3. The van der Waals surface area contributed by atoms with Crippen molar-refractivity contribution in [1.29, 1.82) is 0 Å². The van der Waals surface area contributed by atoms with Crippen LogP contribution in [0.5, 0.6) is 5.75 Å². The van der Waals surface area contributed by atoms with Gasteiger partial charge in [-0.25, -0.2) is 9.48 Å². The van der Waals surface area contributed by atoms with Gasteiger partial charge in [0.1, 0.15) is 11.6 Å². The quantitative estimate of drug-likeness (QED) is 0.292. The maximum atomic E-state index is 13.2. The van der Waals surface area contributed by atoms with Gasteiger partial charge in [-0.15, -0.1) is 0 Å². The van der Waals surface area contributed by atoms with Crippen LogP contribution in [-0.4, -0.2) is 48.2 Å². The number of anilines is 2. The minimum Gasteiger partial charge on any atom is -0.493 e. The number of amides is 2. The second-order valence-electron chi connectivity index (χ2n) is 10.3. The summed E-state index contributed by atoms with van der Waals surface area (Å²) in [6.45, 7) is 5.27. The largest absolute Gasteiger partial charge is 0.493 e. The normalized spacial score (nSPS) is 18.2.